The molecule has 0 radical (unpaired) electrons. The van der Waals surface area contributed by atoms with Gasteiger partial charge < -0.3 is 14.9 Å². The van der Waals surface area contributed by atoms with Crippen molar-refractivity contribution in [3.63, 3.8) is 0 Å². The Hall–Kier alpha value is -1.62. The molecule has 1 aliphatic heterocycles. The second-order valence-electron chi connectivity index (χ2n) is 5.37. The minimum atomic E-state index is -0.953. The first-order valence-corrected chi connectivity index (χ1v) is 6.66. The van der Waals surface area contributed by atoms with Gasteiger partial charge in [0, 0.05) is 25.8 Å². The van der Waals surface area contributed by atoms with Crippen LogP contribution in [0.3, 0.4) is 0 Å². The van der Waals surface area contributed by atoms with Crippen LogP contribution in [0.5, 0.6) is 0 Å². The molecule has 1 saturated heterocycles. The summed E-state index contributed by atoms with van der Waals surface area (Å²) in [6.07, 6.45) is 3.74. The Morgan fingerprint density at radius 3 is 2.74 bits per heavy atom. The van der Waals surface area contributed by atoms with Crippen LogP contribution in [0.2, 0.25) is 0 Å². The third-order valence-corrected chi connectivity index (χ3v) is 3.57. The van der Waals surface area contributed by atoms with E-state index in [4.69, 9.17) is 0 Å². The lowest BCUT2D eigenvalue weighted by Crippen LogP contribution is -2.37. The predicted molar refractivity (Wildman–Crippen MR) is 74.7 cm³/mol. The maximum Gasteiger partial charge on any atom is 0.356 e. The molecule has 0 atom stereocenters. The van der Waals surface area contributed by atoms with Gasteiger partial charge in [0.05, 0.1) is 5.69 Å². The third kappa shape index (κ3) is 3.44. The molecule has 0 saturated carbocycles. The summed E-state index contributed by atoms with van der Waals surface area (Å²) in [4.78, 5) is 19.5. The van der Waals surface area contributed by atoms with E-state index in [1.807, 2.05) is 6.07 Å². The van der Waals surface area contributed by atoms with Crippen LogP contribution in [0, 0.1) is 5.92 Å². The first-order valence-electron chi connectivity index (χ1n) is 6.66. The number of anilines is 1. The maximum absolute atomic E-state index is 11.2. The highest BCUT2D eigenvalue weighted by molar-refractivity contribution is 5.92. The Bertz CT molecular complexity index is 440. The standard InChI is InChI=1S/C14H21N3O2/c1-16(2)10-11-5-8-17(9-6-11)12-4-3-7-15-13(12)14(18)19/h3-4,7,11H,5-6,8-10H2,1-2H3,(H,18,19). The topological polar surface area (TPSA) is 56.7 Å². The lowest BCUT2D eigenvalue weighted by Gasteiger charge is -2.35. The van der Waals surface area contributed by atoms with Crippen molar-refractivity contribution in [2.45, 2.75) is 12.8 Å². The summed E-state index contributed by atoms with van der Waals surface area (Å²) in [6, 6.07) is 3.65. The van der Waals surface area contributed by atoms with Gasteiger partial charge in [-0.1, -0.05) is 0 Å². The number of rotatable bonds is 4. The van der Waals surface area contributed by atoms with Crippen molar-refractivity contribution in [3.05, 3.63) is 24.0 Å². The number of hydrogen-bond donors (Lipinski definition) is 1. The molecule has 1 aromatic rings. The average Bonchev–Trinajstić information content (AvgIpc) is 2.39. The molecule has 104 valence electrons. The summed E-state index contributed by atoms with van der Waals surface area (Å²) in [7, 11) is 4.19. The number of hydrogen-bond acceptors (Lipinski definition) is 4. The number of carbonyl (C=O) groups is 1. The Labute approximate surface area is 113 Å². The number of piperidine rings is 1. The maximum atomic E-state index is 11.2. The Kier molecular flexibility index (Phi) is 4.37. The fourth-order valence-electron chi connectivity index (χ4n) is 2.69. The van der Waals surface area contributed by atoms with E-state index in [0.29, 0.717) is 5.92 Å². The summed E-state index contributed by atoms with van der Waals surface area (Å²) in [5.74, 6) is -0.248. The molecule has 1 aromatic heterocycles. The van der Waals surface area contributed by atoms with Crippen molar-refractivity contribution in [2.24, 2.45) is 5.92 Å². The fraction of sp³-hybridized carbons (Fsp3) is 0.571. The van der Waals surface area contributed by atoms with Gasteiger partial charge in [0.1, 0.15) is 0 Å². The quantitative estimate of drug-likeness (QED) is 0.893. The highest BCUT2D eigenvalue weighted by Crippen LogP contribution is 2.25. The van der Waals surface area contributed by atoms with Crippen LogP contribution in [0.4, 0.5) is 5.69 Å². The van der Waals surface area contributed by atoms with Gasteiger partial charge in [0.15, 0.2) is 5.69 Å². The zero-order valence-corrected chi connectivity index (χ0v) is 11.5. The summed E-state index contributed by atoms with van der Waals surface area (Å²) in [5, 5.41) is 9.17. The van der Waals surface area contributed by atoms with Gasteiger partial charge in [-0.2, -0.15) is 0 Å². The van der Waals surface area contributed by atoms with E-state index in [9.17, 15) is 9.90 Å². The van der Waals surface area contributed by atoms with Crippen molar-refractivity contribution in [1.29, 1.82) is 0 Å². The molecule has 1 fully saturated rings. The van der Waals surface area contributed by atoms with Gasteiger partial charge in [0.2, 0.25) is 0 Å². The molecular weight excluding hydrogens is 242 g/mol. The SMILES string of the molecule is CN(C)CC1CCN(c2cccnc2C(=O)O)CC1. The van der Waals surface area contributed by atoms with Crippen LogP contribution in [-0.2, 0) is 0 Å². The van der Waals surface area contributed by atoms with E-state index in [0.717, 1.165) is 38.2 Å². The molecule has 0 aromatic carbocycles. The van der Waals surface area contributed by atoms with E-state index in [1.54, 1.807) is 6.07 Å². The van der Waals surface area contributed by atoms with E-state index in [1.165, 1.54) is 6.20 Å². The largest absolute Gasteiger partial charge is 0.476 e. The Morgan fingerprint density at radius 2 is 2.16 bits per heavy atom. The number of carboxylic acid groups (broad SMARTS) is 1. The molecule has 2 rings (SSSR count). The molecule has 1 N–H and O–H groups in total. The van der Waals surface area contributed by atoms with Gasteiger partial charge in [-0.05, 0) is 45.0 Å². The molecule has 0 aliphatic carbocycles. The minimum absolute atomic E-state index is 0.161. The highest BCUT2D eigenvalue weighted by Gasteiger charge is 2.23. The Balaban J connectivity index is 2.04. The van der Waals surface area contributed by atoms with E-state index in [-0.39, 0.29) is 5.69 Å². The van der Waals surface area contributed by atoms with Crippen molar-refractivity contribution < 1.29 is 9.90 Å². The number of aromatic carboxylic acids is 1. The van der Waals surface area contributed by atoms with Crippen LogP contribution in [0.15, 0.2) is 18.3 Å². The van der Waals surface area contributed by atoms with Crippen molar-refractivity contribution in [1.82, 2.24) is 9.88 Å². The molecule has 5 heteroatoms. The number of aromatic nitrogens is 1. The lowest BCUT2D eigenvalue weighted by molar-refractivity contribution is 0.0691. The zero-order valence-electron chi connectivity index (χ0n) is 11.5. The number of pyridine rings is 1. The first kappa shape index (κ1) is 13.8. The predicted octanol–water partition coefficient (Wildman–Crippen LogP) is 1.56. The molecule has 0 spiro atoms. The van der Waals surface area contributed by atoms with Crippen LogP contribution < -0.4 is 4.90 Å². The van der Waals surface area contributed by atoms with Crippen LogP contribution in [0.1, 0.15) is 23.3 Å². The highest BCUT2D eigenvalue weighted by atomic mass is 16.4. The third-order valence-electron chi connectivity index (χ3n) is 3.57. The smallest absolute Gasteiger partial charge is 0.356 e. The van der Waals surface area contributed by atoms with Crippen LogP contribution in [0.25, 0.3) is 0 Å². The summed E-state index contributed by atoms with van der Waals surface area (Å²) >= 11 is 0. The lowest BCUT2D eigenvalue weighted by atomic mass is 9.96. The number of carboxylic acids is 1. The van der Waals surface area contributed by atoms with Crippen LogP contribution in [-0.4, -0.2) is 54.7 Å². The summed E-state index contributed by atoms with van der Waals surface area (Å²) in [5.41, 5.74) is 0.909. The second kappa shape index (κ2) is 6.02. The van der Waals surface area contributed by atoms with Crippen molar-refractivity contribution in [3.8, 4) is 0 Å². The number of nitrogens with zero attached hydrogens (tertiary/aromatic N) is 3. The van der Waals surface area contributed by atoms with Gasteiger partial charge in [-0.3, -0.25) is 0 Å². The normalized spacial score (nSPS) is 16.9. The van der Waals surface area contributed by atoms with E-state index in [2.05, 4.69) is 28.9 Å². The first-order chi connectivity index (χ1) is 9.08. The van der Waals surface area contributed by atoms with Gasteiger partial charge >= 0.3 is 5.97 Å². The summed E-state index contributed by atoms with van der Waals surface area (Å²) < 4.78 is 0. The Morgan fingerprint density at radius 1 is 1.47 bits per heavy atom. The molecule has 0 amide bonds. The summed E-state index contributed by atoms with van der Waals surface area (Å²) in [6.45, 7) is 2.92. The molecule has 19 heavy (non-hydrogen) atoms. The fourth-order valence-corrected chi connectivity index (χ4v) is 2.69. The van der Waals surface area contributed by atoms with Gasteiger partial charge in [-0.15, -0.1) is 0 Å². The molecule has 2 heterocycles. The minimum Gasteiger partial charge on any atom is -0.476 e. The van der Waals surface area contributed by atoms with Crippen molar-refractivity contribution >= 4 is 11.7 Å². The van der Waals surface area contributed by atoms with Gasteiger partial charge in [-0.25, -0.2) is 9.78 Å². The monoisotopic (exact) mass is 263 g/mol. The molecule has 0 bridgehead atoms. The average molecular weight is 263 g/mol. The zero-order chi connectivity index (χ0) is 13.8. The molecular formula is C14H21N3O2. The molecule has 0 unspecified atom stereocenters. The van der Waals surface area contributed by atoms with E-state index < -0.39 is 5.97 Å². The second-order valence-corrected chi connectivity index (χ2v) is 5.37. The van der Waals surface area contributed by atoms with Gasteiger partial charge in [0.25, 0.3) is 0 Å². The van der Waals surface area contributed by atoms with Crippen molar-refractivity contribution in [2.75, 3.05) is 38.6 Å². The molecule has 5 nitrogen and oxygen atoms in total. The van der Waals surface area contributed by atoms with Crippen LogP contribution >= 0.6 is 0 Å². The molecule has 1 aliphatic rings. The van der Waals surface area contributed by atoms with E-state index >= 15 is 0 Å².